The highest BCUT2D eigenvalue weighted by molar-refractivity contribution is 6.35. The molecule has 0 aliphatic heterocycles. The lowest BCUT2D eigenvalue weighted by Gasteiger charge is -2.02. The zero-order valence-electron chi connectivity index (χ0n) is 11.4. The van der Waals surface area contributed by atoms with Crippen LogP contribution in [0.15, 0.2) is 41.4 Å². The Labute approximate surface area is 121 Å². The standard InChI is InChI=1S/C16H12N2O3/c1-17-9-16(19)10-2-4-14-11(6-10)7-12-8-13(18(20)21)3-5-15(12)14/h2-6,8-9H,7H2,1H3. The summed E-state index contributed by atoms with van der Waals surface area (Å²) in [6.45, 7) is 0. The van der Waals surface area contributed by atoms with Gasteiger partial charge in [-0.1, -0.05) is 12.1 Å². The Morgan fingerprint density at radius 3 is 2.52 bits per heavy atom. The normalized spacial score (nSPS) is 12.2. The van der Waals surface area contributed by atoms with Gasteiger partial charge in [-0.05, 0) is 40.8 Å². The number of ketones is 1. The molecule has 0 saturated carbocycles. The van der Waals surface area contributed by atoms with E-state index in [2.05, 4.69) is 4.99 Å². The Bertz CT molecular complexity index is 794. The molecule has 0 aromatic heterocycles. The van der Waals surface area contributed by atoms with Crippen LogP contribution in [-0.4, -0.2) is 24.0 Å². The Morgan fingerprint density at radius 1 is 1.19 bits per heavy atom. The quantitative estimate of drug-likeness (QED) is 0.320. The third-order valence-electron chi connectivity index (χ3n) is 3.61. The van der Waals surface area contributed by atoms with Crippen molar-refractivity contribution in [3.63, 3.8) is 0 Å². The number of carbonyl (C=O) groups excluding carboxylic acids is 1. The number of nitro benzene ring substituents is 1. The topological polar surface area (TPSA) is 72.6 Å². The van der Waals surface area contributed by atoms with Gasteiger partial charge < -0.3 is 0 Å². The molecular formula is C16H12N2O3. The van der Waals surface area contributed by atoms with Gasteiger partial charge in [-0.15, -0.1) is 0 Å². The summed E-state index contributed by atoms with van der Waals surface area (Å²) in [5.41, 5.74) is 4.65. The Hall–Kier alpha value is -2.82. The van der Waals surface area contributed by atoms with E-state index in [1.807, 2.05) is 12.1 Å². The molecule has 0 saturated heterocycles. The molecule has 0 fully saturated rings. The molecule has 0 unspecified atom stereocenters. The number of aliphatic imine (C=N–C) groups is 1. The van der Waals surface area contributed by atoms with Crippen LogP contribution in [0.2, 0.25) is 0 Å². The molecule has 0 radical (unpaired) electrons. The lowest BCUT2D eigenvalue weighted by atomic mass is 10.0. The number of rotatable bonds is 3. The Morgan fingerprint density at radius 2 is 1.86 bits per heavy atom. The number of benzene rings is 2. The molecule has 5 heteroatoms. The molecule has 1 aliphatic carbocycles. The van der Waals surface area contributed by atoms with E-state index in [0.717, 1.165) is 22.3 Å². The molecule has 0 atom stereocenters. The predicted molar refractivity (Wildman–Crippen MR) is 80.1 cm³/mol. The lowest BCUT2D eigenvalue weighted by molar-refractivity contribution is -0.384. The van der Waals surface area contributed by atoms with Crippen LogP contribution in [0, 0.1) is 10.1 Å². The van der Waals surface area contributed by atoms with Gasteiger partial charge in [-0.25, -0.2) is 0 Å². The van der Waals surface area contributed by atoms with E-state index in [1.54, 1.807) is 25.2 Å². The van der Waals surface area contributed by atoms with Crippen molar-refractivity contribution >= 4 is 17.7 Å². The first kappa shape index (κ1) is 13.2. The number of nitrogens with zero attached hydrogens (tertiary/aromatic N) is 2. The van der Waals surface area contributed by atoms with Crippen LogP contribution >= 0.6 is 0 Å². The fourth-order valence-corrected chi connectivity index (χ4v) is 2.66. The summed E-state index contributed by atoms with van der Waals surface area (Å²) < 4.78 is 0. The number of Topliss-reactive ketones (excluding diaryl/α,β-unsaturated/α-hetero) is 1. The molecule has 3 rings (SSSR count). The van der Waals surface area contributed by atoms with E-state index in [4.69, 9.17) is 0 Å². The predicted octanol–water partition coefficient (Wildman–Crippen LogP) is 3.05. The van der Waals surface area contributed by atoms with Gasteiger partial charge in [0.05, 0.1) is 11.1 Å². The van der Waals surface area contributed by atoms with Gasteiger partial charge in [0.15, 0.2) is 0 Å². The number of non-ortho nitro benzene ring substituents is 1. The van der Waals surface area contributed by atoms with E-state index >= 15 is 0 Å². The zero-order valence-corrected chi connectivity index (χ0v) is 11.4. The molecule has 0 bridgehead atoms. The average Bonchev–Trinajstić information content (AvgIpc) is 2.83. The van der Waals surface area contributed by atoms with Gasteiger partial charge in [0.1, 0.15) is 0 Å². The van der Waals surface area contributed by atoms with Gasteiger partial charge in [0.25, 0.3) is 5.69 Å². The fourth-order valence-electron chi connectivity index (χ4n) is 2.66. The number of fused-ring (bicyclic) bond motifs is 3. The van der Waals surface area contributed by atoms with Gasteiger partial charge in [-0.2, -0.15) is 0 Å². The third kappa shape index (κ3) is 2.23. The van der Waals surface area contributed by atoms with Crippen LogP contribution in [0.3, 0.4) is 0 Å². The van der Waals surface area contributed by atoms with Crippen LogP contribution < -0.4 is 0 Å². The summed E-state index contributed by atoms with van der Waals surface area (Å²) >= 11 is 0. The zero-order chi connectivity index (χ0) is 15.0. The molecule has 0 heterocycles. The number of nitro groups is 1. The molecule has 2 aromatic carbocycles. The SMILES string of the molecule is CN=CC(=O)c1ccc2c(c1)Cc1cc([N+](=O)[O-])ccc1-2. The second-order valence-electron chi connectivity index (χ2n) is 4.90. The minimum atomic E-state index is -0.393. The second kappa shape index (κ2) is 4.94. The maximum atomic E-state index is 11.8. The molecule has 5 nitrogen and oxygen atoms in total. The van der Waals surface area contributed by atoms with Gasteiger partial charge >= 0.3 is 0 Å². The molecule has 21 heavy (non-hydrogen) atoms. The minimum Gasteiger partial charge on any atom is -0.292 e. The van der Waals surface area contributed by atoms with Crippen molar-refractivity contribution in [2.75, 3.05) is 7.05 Å². The Balaban J connectivity index is 2.02. The smallest absolute Gasteiger partial charge is 0.269 e. The molecule has 0 spiro atoms. The van der Waals surface area contributed by atoms with Crippen molar-refractivity contribution < 1.29 is 9.72 Å². The highest BCUT2D eigenvalue weighted by Gasteiger charge is 2.21. The van der Waals surface area contributed by atoms with Crippen molar-refractivity contribution in [1.29, 1.82) is 0 Å². The molecule has 104 valence electrons. The van der Waals surface area contributed by atoms with Crippen molar-refractivity contribution in [1.82, 2.24) is 0 Å². The van der Waals surface area contributed by atoms with Gasteiger partial charge in [-0.3, -0.25) is 19.9 Å². The second-order valence-corrected chi connectivity index (χ2v) is 4.90. The highest BCUT2D eigenvalue weighted by atomic mass is 16.6. The van der Waals surface area contributed by atoms with E-state index in [9.17, 15) is 14.9 Å². The van der Waals surface area contributed by atoms with E-state index in [0.29, 0.717) is 12.0 Å². The number of hydrogen-bond acceptors (Lipinski definition) is 4. The maximum absolute atomic E-state index is 11.8. The molecule has 0 N–H and O–H groups in total. The summed E-state index contributed by atoms with van der Waals surface area (Å²) in [6, 6.07) is 10.4. The van der Waals surface area contributed by atoms with E-state index in [1.165, 1.54) is 12.3 Å². The first-order chi connectivity index (χ1) is 10.1. The maximum Gasteiger partial charge on any atom is 0.269 e. The summed E-state index contributed by atoms with van der Waals surface area (Å²) in [5.74, 6) is -0.137. The van der Waals surface area contributed by atoms with Crippen LogP contribution in [0.4, 0.5) is 5.69 Å². The fraction of sp³-hybridized carbons (Fsp3) is 0.125. The first-order valence-corrected chi connectivity index (χ1v) is 6.47. The Kier molecular flexibility index (Phi) is 3.10. The van der Waals surface area contributed by atoms with Crippen LogP contribution in [0.25, 0.3) is 11.1 Å². The average molecular weight is 280 g/mol. The summed E-state index contributed by atoms with van der Waals surface area (Å²) in [4.78, 5) is 26.0. The van der Waals surface area contributed by atoms with Crippen LogP contribution in [0.1, 0.15) is 21.5 Å². The van der Waals surface area contributed by atoms with Crippen molar-refractivity contribution in [2.45, 2.75) is 6.42 Å². The largest absolute Gasteiger partial charge is 0.292 e. The first-order valence-electron chi connectivity index (χ1n) is 6.47. The summed E-state index contributed by atoms with van der Waals surface area (Å²) in [5, 5.41) is 10.8. The molecule has 1 aliphatic rings. The highest BCUT2D eigenvalue weighted by Crippen LogP contribution is 2.38. The number of carbonyl (C=O) groups is 1. The monoisotopic (exact) mass is 280 g/mol. The summed E-state index contributed by atoms with van der Waals surface area (Å²) in [6.07, 6.45) is 1.89. The molecular weight excluding hydrogens is 268 g/mol. The van der Waals surface area contributed by atoms with Crippen molar-refractivity contribution in [2.24, 2.45) is 4.99 Å². The van der Waals surface area contributed by atoms with Crippen molar-refractivity contribution in [3.05, 3.63) is 63.2 Å². The molecule has 0 amide bonds. The third-order valence-corrected chi connectivity index (χ3v) is 3.61. The lowest BCUT2D eigenvalue weighted by Crippen LogP contribution is -2.00. The van der Waals surface area contributed by atoms with E-state index in [-0.39, 0.29) is 11.5 Å². The van der Waals surface area contributed by atoms with Crippen LogP contribution in [0.5, 0.6) is 0 Å². The molecule has 2 aromatic rings. The minimum absolute atomic E-state index is 0.0935. The van der Waals surface area contributed by atoms with Gasteiger partial charge in [0, 0.05) is 24.7 Å². The van der Waals surface area contributed by atoms with Crippen LogP contribution in [-0.2, 0) is 6.42 Å². The van der Waals surface area contributed by atoms with Gasteiger partial charge in [0.2, 0.25) is 5.78 Å². The van der Waals surface area contributed by atoms with E-state index < -0.39 is 4.92 Å². The number of hydrogen-bond donors (Lipinski definition) is 0. The van der Waals surface area contributed by atoms with Crippen molar-refractivity contribution in [3.8, 4) is 11.1 Å². The summed E-state index contributed by atoms with van der Waals surface area (Å²) in [7, 11) is 1.56.